The Morgan fingerprint density at radius 3 is 2.88 bits per heavy atom. The molecule has 0 radical (unpaired) electrons. The van der Waals surface area contributed by atoms with Gasteiger partial charge in [0.05, 0.1) is 15.1 Å². The van der Waals surface area contributed by atoms with Gasteiger partial charge in [-0.2, -0.15) is 0 Å². The average Bonchev–Trinajstić information content (AvgIpc) is 2.12. The molecule has 0 spiro atoms. The normalized spacial score (nSPS) is 31.2. The van der Waals surface area contributed by atoms with Gasteiger partial charge in [0.25, 0.3) is 0 Å². The molecule has 1 unspecified atom stereocenters. The fourth-order valence-electron chi connectivity index (χ4n) is 0.865. The summed E-state index contributed by atoms with van der Waals surface area (Å²) in [6.07, 6.45) is 0.997. The van der Waals surface area contributed by atoms with E-state index in [9.17, 15) is 4.79 Å². The second kappa shape index (κ2) is 2.28. The minimum absolute atomic E-state index is 0.00926. The van der Waals surface area contributed by atoms with Crippen molar-refractivity contribution in [2.75, 3.05) is 12.7 Å². The fraction of sp³-hybridized carbons (Fsp3) is 0.750. The van der Waals surface area contributed by atoms with Gasteiger partial charge in [-0.3, -0.25) is 4.79 Å². The topological polar surface area (TPSA) is 49.3 Å². The van der Waals surface area contributed by atoms with Gasteiger partial charge >= 0.3 is 5.97 Å². The maximum absolute atomic E-state index is 10.2. The molecule has 0 bridgehead atoms. The van der Waals surface area contributed by atoms with Gasteiger partial charge in [-0.1, -0.05) is 0 Å². The van der Waals surface area contributed by atoms with E-state index in [0.29, 0.717) is 6.54 Å². The van der Waals surface area contributed by atoms with E-state index in [1.54, 1.807) is 0 Å². The van der Waals surface area contributed by atoms with Crippen LogP contribution in [0.25, 0.3) is 0 Å². The lowest BCUT2D eigenvalue weighted by atomic mass is 10.4. The Labute approximate surface area is 49.9 Å². The Morgan fingerprint density at radius 1 is 1.88 bits per heavy atom. The molecule has 1 atom stereocenters. The lowest BCUT2D eigenvalue weighted by Crippen LogP contribution is -2.13. The number of hydrogen-bond donors (Lipinski definition) is 2. The molecule has 0 aliphatic carbocycles. The molecule has 0 aromatic carbocycles. The summed E-state index contributed by atoms with van der Waals surface area (Å²) < 4.78 is 0. The Balaban J connectivity index is 2.35. The van der Waals surface area contributed by atoms with Crippen LogP contribution in [0, 0.1) is 0 Å². The summed E-state index contributed by atoms with van der Waals surface area (Å²) in [7, 11) is -0.301. The van der Waals surface area contributed by atoms with Crippen LogP contribution in [-0.2, 0) is 4.79 Å². The van der Waals surface area contributed by atoms with Crippen molar-refractivity contribution in [2.45, 2.75) is 5.54 Å². The monoisotopic (exact) mass is 131 g/mol. The van der Waals surface area contributed by atoms with Gasteiger partial charge in [0.15, 0.2) is 0 Å². The van der Waals surface area contributed by atoms with Gasteiger partial charge in [-0.05, 0) is 6.17 Å². The molecule has 4 heteroatoms. The van der Waals surface area contributed by atoms with Gasteiger partial charge in [-0.15, -0.1) is 0 Å². The number of hydrogen-bond acceptors (Lipinski definition) is 2. The smallest absolute Gasteiger partial charge is 0.304 e. The highest BCUT2D eigenvalue weighted by molar-refractivity contribution is 6.44. The molecule has 0 aromatic heterocycles. The summed E-state index contributed by atoms with van der Waals surface area (Å²) in [6, 6.07) is 0. The van der Waals surface area contributed by atoms with Crippen molar-refractivity contribution in [1.82, 2.24) is 5.32 Å². The summed E-state index contributed by atoms with van der Waals surface area (Å²) in [4.78, 5) is 10.2. The first-order chi connectivity index (χ1) is 3.80. The third kappa shape index (κ3) is 1.08. The van der Waals surface area contributed by atoms with Gasteiger partial charge in [0.2, 0.25) is 0 Å². The molecule has 46 valence electrons. The molecule has 1 heterocycles. The van der Waals surface area contributed by atoms with E-state index in [2.05, 4.69) is 5.32 Å². The minimum atomic E-state index is -0.610. The van der Waals surface area contributed by atoms with Crippen molar-refractivity contribution in [1.29, 1.82) is 0 Å². The van der Waals surface area contributed by atoms with Crippen molar-refractivity contribution >= 4 is 15.5 Å². The van der Waals surface area contributed by atoms with E-state index >= 15 is 0 Å². The highest BCUT2D eigenvalue weighted by atomic mass is 28.2. The van der Waals surface area contributed by atoms with Crippen molar-refractivity contribution in [2.24, 2.45) is 0 Å². The van der Waals surface area contributed by atoms with Crippen molar-refractivity contribution in [3.63, 3.8) is 0 Å². The van der Waals surface area contributed by atoms with Crippen molar-refractivity contribution < 1.29 is 9.90 Å². The number of carboxylic acid groups (broad SMARTS) is 1. The first-order valence-electron chi connectivity index (χ1n) is 2.74. The summed E-state index contributed by atoms with van der Waals surface area (Å²) >= 11 is 0. The molecule has 0 amide bonds. The van der Waals surface area contributed by atoms with Crippen LogP contribution in [0.2, 0.25) is 5.54 Å². The summed E-state index contributed by atoms with van der Waals surface area (Å²) in [5.41, 5.74) is 0.00926. The maximum Gasteiger partial charge on any atom is 0.304 e. The summed E-state index contributed by atoms with van der Waals surface area (Å²) in [5.74, 6) is -0.610. The summed E-state index contributed by atoms with van der Waals surface area (Å²) in [5, 5.41) is 11.4. The highest BCUT2D eigenvalue weighted by Gasteiger charge is 2.21. The molecule has 1 saturated heterocycles. The number of carbonyl (C=O) groups is 1. The van der Waals surface area contributed by atoms with Crippen LogP contribution in [0.15, 0.2) is 0 Å². The Bertz CT molecular complexity index is 100. The molecule has 1 aliphatic rings. The largest absolute Gasteiger partial charge is 0.481 e. The third-order valence-corrected chi connectivity index (χ3v) is 3.39. The van der Waals surface area contributed by atoms with Crippen LogP contribution < -0.4 is 5.32 Å². The predicted molar refractivity (Wildman–Crippen MR) is 32.8 cm³/mol. The summed E-state index contributed by atoms with van der Waals surface area (Å²) in [6.45, 7) is 0.710. The van der Waals surface area contributed by atoms with E-state index in [-0.39, 0.29) is 15.1 Å². The van der Waals surface area contributed by atoms with Crippen molar-refractivity contribution in [3.8, 4) is 0 Å². The van der Waals surface area contributed by atoms with Gasteiger partial charge in [0.1, 0.15) is 0 Å². The van der Waals surface area contributed by atoms with Gasteiger partial charge < -0.3 is 10.4 Å². The molecule has 1 aliphatic heterocycles. The molecular formula is C4H9NO2Si. The number of aliphatic carboxylic acids is 1. The molecule has 0 aromatic rings. The van der Waals surface area contributed by atoms with Gasteiger partial charge in [-0.25, -0.2) is 0 Å². The van der Waals surface area contributed by atoms with Crippen LogP contribution in [0.1, 0.15) is 0 Å². The predicted octanol–water partition coefficient (Wildman–Crippen LogP) is -1.41. The second-order valence-electron chi connectivity index (χ2n) is 2.03. The van der Waals surface area contributed by atoms with Crippen LogP contribution in [0.3, 0.4) is 0 Å². The molecule has 3 nitrogen and oxygen atoms in total. The van der Waals surface area contributed by atoms with E-state index in [0.717, 1.165) is 6.17 Å². The molecule has 0 saturated carbocycles. The maximum atomic E-state index is 10.2. The first kappa shape index (κ1) is 5.78. The SMILES string of the molecule is O=C(O)C1CNC[SiH2]1. The standard InChI is InChI=1S/C4H9NO2Si/c6-4(7)3-1-5-2-8-3/h3,5H,1-2,8H2,(H,6,7). The van der Waals surface area contributed by atoms with E-state index in [4.69, 9.17) is 5.11 Å². The molecule has 2 N–H and O–H groups in total. The zero-order chi connectivity index (χ0) is 5.98. The zero-order valence-corrected chi connectivity index (χ0v) is 5.97. The fourth-order valence-corrected chi connectivity index (χ4v) is 2.28. The zero-order valence-electron chi connectivity index (χ0n) is 4.55. The Kier molecular flexibility index (Phi) is 1.64. The van der Waals surface area contributed by atoms with E-state index in [1.807, 2.05) is 0 Å². The lowest BCUT2D eigenvalue weighted by Gasteiger charge is -1.96. The minimum Gasteiger partial charge on any atom is -0.481 e. The number of rotatable bonds is 1. The van der Waals surface area contributed by atoms with Crippen molar-refractivity contribution in [3.05, 3.63) is 0 Å². The molecule has 8 heavy (non-hydrogen) atoms. The molecular weight excluding hydrogens is 122 g/mol. The number of nitrogens with one attached hydrogen (secondary N) is 1. The third-order valence-electron chi connectivity index (χ3n) is 1.41. The van der Waals surface area contributed by atoms with Crippen LogP contribution in [0.4, 0.5) is 0 Å². The van der Waals surface area contributed by atoms with Crippen LogP contribution in [0.5, 0.6) is 0 Å². The number of carboxylic acids is 1. The van der Waals surface area contributed by atoms with Crippen LogP contribution in [-0.4, -0.2) is 33.3 Å². The van der Waals surface area contributed by atoms with Gasteiger partial charge in [0, 0.05) is 6.54 Å². The van der Waals surface area contributed by atoms with E-state index in [1.165, 1.54) is 0 Å². The molecule has 1 rings (SSSR count). The van der Waals surface area contributed by atoms with E-state index < -0.39 is 5.97 Å². The van der Waals surface area contributed by atoms with Crippen LogP contribution >= 0.6 is 0 Å². The average molecular weight is 131 g/mol. The quantitative estimate of drug-likeness (QED) is 0.430. The first-order valence-corrected chi connectivity index (χ1v) is 4.56. The Hall–Kier alpha value is -0.353. The second-order valence-corrected chi connectivity index (χ2v) is 4.09. The Morgan fingerprint density at radius 2 is 2.62 bits per heavy atom. The highest BCUT2D eigenvalue weighted by Crippen LogP contribution is 2.04. The lowest BCUT2D eigenvalue weighted by molar-refractivity contribution is -0.136. The molecule has 1 fully saturated rings.